The topological polar surface area (TPSA) is 0 Å². The zero-order valence-electron chi connectivity index (χ0n) is 23.4. The molecule has 1 aliphatic rings. The molecule has 0 saturated carbocycles. The molecule has 3 aromatic rings. The maximum Gasteiger partial charge on any atom is -0.0152 e. The minimum absolute atomic E-state index is 1.31. The summed E-state index contributed by atoms with van der Waals surface area (Å²) in [6.45, 7) is 24.8. The van der Waals surface area contributed by atoms with Crippen LogP contribution >= 0.6 is 0 Å². The standard InChI is InChI=1S/C12H16.C12H12.4C2H6/c2*1-9-7-8-10(2)12-6-4-3-5-11(9)12;4*1-2/h7-8H,3-6H2,1-2H3;3-8H,1-2H3;4*1-2H3. The van der Waals surface area contributed by atoms with E-state index in [4.69, 9.17) is 0 Å². The zero-order chi connectivity index (χ0) is 25.1. The number of fused-ring (bicyclic) bond motifs is 2. The molecule has 0 bridgehead atoms. The molecular weight excluding hydrogens is 384 g/mol. The molecule has 4 rings (SSSR count). The first-order chi connectivity index (χ1) is 15.6. The third-order valence-electron chi connectivity index (χ3n) is 5.36. The van der Waals surface area contributed by atoms with Crippen LogP contribution in [-0.2, 0) is 12.8 Å². The first-order valence-electron chi connectivity index (χ1n) is 13.1. The van der Waals surface area contributed by atoms with Gasteiger partial charge in [-0.2, -0.15) is 0 Å². The summed E-state index contributed by atoms with van der Waals surface area (Å²) < 4.78 is 0. The van der Waals surface area contributed by atoms with Gasteiger partial charge in [-0.1, -0.05) is 104 Å². The third kappa shape index (κ3) is 9.60. The molecule has 0 N–H and O–H groups in total. The van der Waals surface area contributed by atoms with Crippen molar-refractivity contribution in [1.82, 2.24) is 0 Å². The van der Waals surface area contributed by atoms with E-state index in [1.807, 2.05) is 55.4 Å². The highest BCUT2D eigenvalue weighted by atomic mass is 14.2. The zero-order valence-corrected chi connectivity index (χ0v) is 23.4. The summed E-state index contributed by atoms with van der Waals surface area (Å²) in [7, 11) is 0. The van der Waals surface area contributed by atoms with Crippen molar-refractivity contribution >= 4 is 10.8 Å². The van der Waals surface area contributed by atoms with E-state index in [0.717, 1.165) is 0 Å². The average Bonchev–Trinajstić information content (AvgIpc) is 2.89. The number of hydrogen-bond acceptors (Lipinski definition) is 0. The minimum Gasteiger partial charge on any atom is -0.0683 e. The molecule has 0 nitrogen and oxygen atoms in total. The van der Waals surface area contributed by atoms with Gasteiger partial charge in [0.2, 0.25) is 0 Å². The summed E-state index contributed by atoms with van der Waals surface area (Å²) in [5.74, 6) is 0. The molecule has 0 spiro atoms. The lowest BCUT2D eigenvalue weighted by atomic mass is 9.86. The fourth-order valence-corrected chi connectivity index (χ4v) is 3.83. The molecule has 0 fully saturated rings. The van der Waals surface area contributed by atoms with E-state index < -0.39 is 0 Å². The average molecular weight is 437 g/mol. The maximum atomic E-state index is 2.26. The van der Waals surface area contributed by atoms with Gasteiger partial charge in [-0.15, -0.1) is 0 Å². The quantitative estimate of drug-likeness (QED) is 0.328. The van der Waals surface area contributed by atoms with Crippen LogP contribution in [0.3, 0.4) is 0 Å². The Morgan fingerprint density at radius 3 is 1.00 bits per heavy atom. The fraction of sp³-hybridized carbons (Fsp3) is 0.500. The lowest BCUT2D eigenvalue weighted by molar-refractivity contribution is 0.678. The van der Waals surface area contributed by atoms with Gasteiger partial charge in [-0.05, 0) is 97.5 Å². The van der Waals surface area contributed by atoms with E-state index >= 15 is 0 Å². The Morgan fingerprint density at radius 2 is 0.688 bits per heavy atom. The van der Waals surface area contributed by atoms with E-state index in [9.17, 15) is 0 Å². The molecule has 0 atom stereocenters. The molecule has 0 heteroatoms. The van der Waals surface area contributed by atoms with Gasteiger partial charge in [0, 0.05) is 0 Å². The van der Waals surface area contributed by atoms with E-state index in [2.05, 4.69) is 76.2 Å². The van der Waals surface area contributed by atoms with Crippen molar-refractivity contribution in [3.8, 4) is 0 Å². The molecule has 0 unspecified atom stereocenters. The first kappa shape index (κ1) is 32.1. The molecule has 0 aromatic heterocycles. The van der Waals surface area contributed by atoms with Crippen LogP contribution in [0.15, 0.2) is 48.5 Å². The van der Waals surface area contributed by atoms with E-state index in [1.54, 1.807) is 11.1 Å². The minimum atomic E-state index is 1.31. The van der Waals surface area contributed by atoms with Gasteiger partial charge < -0.3 is 0 Å². The molecule has 0 amide bonds. The molecule has 1 aliphatic carbocycles. The summed E-state index contributed by atoms with van der Waals surface area (Å²) >= 11 is 0. The number of hydrogen-bond donors (Lipinski definition) is 0. The molecule has 32 heavy (non-hydrogen) atoms. The number of rotatable bonds is 0. The predicted molar refractivity (Wildman–Crippen MR) is 151 cm³/mol. The highest BCUT2D eigenvalue weighted by Gasteiger charge is 2.12. The van der Waals surface area contributed by atoms with Gasteiger partial charge in [-0.3, -0.25) is 0 Å². The van der Waals surface area contributed by atoms with Crippen molar-refractivity contribution < 1.29 is 0 Å². The lowest BCUT2D eigenvalue weighted by Gasteiger charge is -2.19. The van der Waals surface area contributed by atoms with Crippen LogP contribution in [0.25, 0.3) is 10.8 Å². The number of benzene rings is 3. The predicted octanol–water partition coefficient (Wildman–Crippen LogP) is 10.7. The summed E-state index contributed by atoms with van der Waals surface area (Å²) in [4.78, 5) is 0. The van der Waals surface area contributed by atoms with Crippen LogP contribution in [0.5, 0.6) is 0 Å². The van der Waals surface area contributed by atoms with Crippen molar-refractivity contribution in [1.29, 1.82) is 0 Å². The highest BCUT2D eigenvalue weighted by molar-refractivity contribution is 5.88. The van der Waals surface area contributed by atoms with Gasteiger partial charge >= 0.3 is 0 Å². The van der Waals surface area contributed by atoms with Crippen molar-refractivity contribution in [2.75, 3.05) is 0 Å². The highest BCUT2D eigenvalue weighted by Crippen LogP contribution is 2.26. The second-order valence-electron chi connectivity index (χ2n) is 7.11. The third-order valence-corrected chi connectivity index (χ3v) is 5.36. The van der Waals surface area contributed by atoms with Gasteiger partial charge in [-0.25, -0.2) is 0 Å². The Morgan fingerprint density at radius 1 is 0.406 bits per heavy atom. The largest absolute Gasteiger partial charge is 0.0683 e. The smallest absolute Gasteiger partial charge is 0.0152 e. The molecule has 0 heterocycles. The Bertz CT molecular complexity index is 784. The summed E-state index contributed by atoms with van der Waals surface area (Å²) in [6, 6.07) is 17.4. The van der Waals surface area contributed by atoms with Gasteiger partial charge in [0.15, 0.2) is 0 Å². The van der Waals surface area contributed by atoms with Crippen molar-refractivity contribution in [2.24, 2.45) is 0 Å². The molecule has 0 saturated heterocycles. The van der Waals surface area contributed by atoms with Crippen LogP contribution in [-0.4, -0.2) is 0 Å². The molecule has 0 aliphatic heterocycles. The van der Waals surface area contributed by atoms with Gasteiger partial charge in [0.05, 0.1) is 0 Å². The van der Waals surface area contributed by atoms with Crippen LogP contribution < -0.4 is 0 Å². The summed E-state index contributed by atoms with van der Waals surface area (Å²) in [6.07, 6.45) is 5.39. The van der Waals surface area contributed by atoms with Gasteiger partial charge in [0.25, 0.3) is 0 Å². The van der Waals surface area contributed by atoms with Crippen molar-refractivity contribution in [3.05, 3.63) is 81.9 Å². The summed E-state index contributed by atoms with van der Waals surface area (Å²) in [5.41, 5.74) is 8.99. The normalized spacial score (nSPS) is 10.6. The first-order valence-corrected chi connectivity index (χ1v) is 13.1. The SMILES string of the molecule is CC.CC.CC.CC.Cc1ccc(C)c2c1CCCC2.Cc1ccc(C)c2ccccc12. The van der Waals surface area contributed by atoms with Crippen molar-refractivity contribution in [2.45, 2.75) is 109 Å². The molecule has 180 valence electrons. The van der Waals surface area contributed by atoms with Crippen molar-refractivity contribution in [3.63, 3.8) is 0 Å². The second kappa shape index (κ2) is 19.6. The monoisotopic (exact) mass is 436 g/mol. The summed E-state index contributed by atoms with van der Waals surface area (Å²) in [5, 5.41) is 2.75. The fourth-order valence-electron chi connectivity index (χ4n) is 3.83. The Kier molecular flexibility index (Phi) is 19.7. The van der Waals surface area contributed by atoms with Crippen LogP contribution in [0.1, 0.15) is 102 Å². The van der Waals surface area contributed by atoms with Crippen LogP contribution in [0.2, 0.25) is 0 Å². The molecule has 3 aromatic carbocycles. The maximum absolute atomic E-state index is 2.26. The molecule has 0 radical (unpaired) electrons. The lowest BCUT2D eigenvalue weighted by Crippen LogP contribution is -2.06. The molecular formula is C32H52. The van der Waals surface area contributed by atoms with E-state index in [0.29, 0.717) is 0 Å². The van der Waals surface area contributed by atoms with Crippen LogP contribution in [0.4, 0.5) is 0 Å². The number of aryl methyl sites for hydroxylation is 4. The Balaban J connectivity index is 0. The Hall–Kier alpha value is -2.08. The van der Waals surface area contributed by atoms with Gasteiger partial charge in [0.1, 0.15) is 0 Å². The Labute approximate surface area is 201 Å². The van der Waals surface area contributed by atoms with Crippen LogP contribution in [0, 0.1) is 27.7 Å². The van der Waals surface area contributed by atoms with E-state index in [-0.39, 0.29) is 0 Å². The van der Waals surface area contributed by atoms with E-state index in [1.165, 1.54) is 58.7 Å². The second-order valence-corrected chi connectivity index (χ2v) is 7.11.